The first-order chi connectivity index (χ1) is 10.8. The third-order valence-electron chi connectivity index (χ3n) is 5.02. The Morgan fingerprint density at radius 1 is 1.30 bits per heavy atom. The molecule has 1 heterocycles. The van der Waals surface area contributed by atoms with Crippen LogP contribution in [0.3, 0.4) is 0 Å². The summed E-state index contributed by atoms with van der Waals surface area (Å²) in [6, 6.07) is 2.47. The lowest BCUT2D eigenvalue weighted by Crippen LogP contribution is -2.40. The van der Waals surface area contributed by atoms with Gasteiger partial charge in [-0.3, -0.25) is 4.79 Å². The van der Waals surface area contributed by atoms with Crippen molar-refractivity contribution in [3.63, 3.8) is 0 Å². The number of fused-ring (bicyclic) bond motifs is 1. The van der Waals surface area contributed by atoms with Crippen molar-refractivity contribution in [1.29, 1.82) is 0 Å². The number of amides is 1. The molecular formula is C17H21F3N2O. The van der Waals surface area contributed by atoms with Crippen LogP contribution in [0.15, 0.2) is 12.1 Å². The van der Waals surface area contributed by atoms with E-state index < -0.39 is 11.7 Å². The van der Waals surface area contributed by atoms with Crippen molar-refractivity contribution in [2.24, 2.45) is 11.7 Å². The van der Waals surface area contributed by atoms with Crippen molar-refractivity contribution < 1.29 is 18.0 Å². The quantitative estimate of drug-likeness (QED) is 0.862. The second-order valence-corrected chi connectivity index (χ2v) is 6.71. The zero-order valence-electron chi connectivity index (χ0n) is 13.1. The highest BCUT2D eigenvalue weighted by Crippen LogP contribution is 2.35. The molecule has 2 atom stereocenters. The molecule has 3 rings (SSSR count). The number of alkyl halides is 3. The minimum Gasteiger partial charge on any atom is -0.338 e. The summed E-state index contributed by atoms with van der Waals surface area (Å²) >= 11 is 0. The third-order valence-corrected chi connectivity index (χ3v) is 5.02. The normalized spacial score (nSPS) is 24.7. The van der Waals surface area contributed by atoms with Crippen molar-refractivity contribution in [3.05, 3.63) is 34.4 Å². The summed E-state index contributed by atoms with van der Waals surface area (Å²) in [5, 5.41) is 0. The van der Waals surface area contributed by atoms with Gasteiger partial charge in [-0.05, 0) is 61.4 Å². The summed E-state index contributed by atoms with van der Waals surface area (Å²) < 4.78 is 39.0. The number of rotatable bonds is 1. The molecule has 1 amide bonds. The molecule has 0 radical (unpaired) electrons. The van der Waals surface area contributed by atoms with E-state index in [1.165, 1.54) is 12.1 Å². The number of carbonyl (C=O) groups excluding carboxylic acids is 1. The first kappa shape index (κ1) is 16.3. The zero-order valence-corrected chi connectivity index (χ0v) is 13.1. The fourth-order valence-electron chi connectivity index (χ4n) is 3.77. The Morgan fingerprint density at radius 2 is 2.04 bits per heavy atom. The van der Waals surface area contributed by atoms with E-state index in [1.54, 1.807) is 11.8 Å². The van der Waals surface area contributed by atoms with Gasteiger partial charge in [0, 0.05) is 25.0 Å². The van der Waals surface area contributed by atoms with Crippen LogP contribution >= 0.6 is 0 Å². The fraction of sp³-hybridized carbons (Fsp3) is 0.588. The topological polar surface area (TPSA) is 46.3 Å². The van der Waals surface area contributed by atoms with Gasteiger partial charge >= 0.3 is 6.18 Å². The van der Waals surface area contributed by atoms with E-state index in [-0.39, 0.29) is 24.4 Å². The highest BCUT2D eigenvalue weighted by Gasteiger charge is 2.35. The Hall–Kier alpha value is -1.56. The van der Waals surface area contributed by atoms with Gasteiger partial charge < -0.3 is 10.6 Å². The van der Waals surface area contributed by atoms with Gasteiger partial charge in [0.15, 0.2) is 0 Å². The second-order valence-electron chi connectivity index (χ2n) is 6.71. The van der Waals surface area contributed by atoms with Gasteiger partial charge in [-0.15, -0.1) is 0 Å². The number of halogens is 3. The molecule has 2 N–H and O–H groups in total. The monoisotopic (exact) mass is 326 g/mol. The molecule has 1 aliphatic carbocycles. The molecule has 3 nitrogen and oxygen atoms in total. The first-order valence-corrected chi connectivity index (χ1v) is 7.99. The van der Waals surface area contributed by atoms with Crippen LogP contribution in [-0.2, 0) is 23.9 Å². The Morgan fingerprint density at radius 3 is 2.65 bits per heavy atom. The minimum atomic E-state index is -4.36. The van der Waals surface area contributed by atoms with Gasteiger partial charge in [-0.1, -0.05) is 0 Å². The average molecular weight is 326 g/mol. The van der Waals surface area contributed by atoms with E-state index >= 15 is 0 Å². The number of hydrogen-bond donors (Lipinski definition) is 1. The van der Waals surface area contributed by atoms with Gasteiger partial charge in [0.25, 0.3) is 0 Å². The van der Waals surface area contributed by atoms with Crippen molar-refractivity contribution in [2.75, 3.05) is 6.54 Å². The van der Waals surface area contributed by atoms with Gasteiger partial charge in [0.05, 0.1) is 5.56 Å². The SMILES string of the molecule is Cc1cc(C(F)(F)F)cc2c1CCN(C(=O)[C@H]1CCC(N)C1)C2. The third kappa shape index (κ3) is 3.22. The van der Waals surface area contributed by atoms with E-state index in [4.69, 9.17) is 5.73 Å². The lowest BCUT2D eigenvalue weighted by Gasteiger charge is -2.32. The number of nitrogens with zero attached hydrogens (tertiary/aromatic N) is 1. The van der Waals surface area contributed by atoms with E-state index in [2.05, 4.69) is 0 Å². The highest BCUT2D eigenvalue weighted by atomic mass is 19.4. The maximum atomic E-state index is 13.0. The molecule has 6 heteroatoms. The molecule has 1 aromatic rings. The molecule has 0 spiro atoms. The second kappa shape index (κ2) is 5.82. The summed E-state index contributed by atoms with van der Waals surface area (Å²) in [7, 11) is 0. The lowest BCUT2D eigenvalue weighted by atomic mass is 9.92. The molecule has 1 unspecified atom stereocenters. The van der Waals surface area contributed by atoms with Gasteiger partial charge in [-0.25, -0.2) is 0 Å². The number of carbonyl (C=O) groups is 1. The van der Waals surface area contributed by atoms with Crippen LogP contribution in [0.5, 0.6) is 0 Å². The van der Waals surface area contributed by atoms with Gasteiger partial charge in [-0.2, -0.15) is 13.2 Å². The molecular weight excluding hydrogens is 305 g/mol. The van der Waals surface area contributed by atoms with Crippen LogP contribution in [0, 0.1) is 12.8 Å². The van der Waals surface area contributed by atoms with Crippen molar-refractivity contribution in [3.8, 4) is 0 Å². The number of benzene rings is 1. The Labute approximate surface area is 133 Å². The number of hydrogen-bond acceptors (Lipinski definition) is 2. The first-order valence-electron chi connectivity index (χ1n) is 7.99. The van der Waals surface area contributed by atoms with E-state index in [0.717, 1.165) is 18.4 Å². The summed E-state index contributed by atoms with van der Waals surface area (Å²) in [4.78, 5) is 14.3. The van der Waals surface area contributed by atoms with Gasteiger partial charge in [0.1, 0.15) is 0 Å². The standard InChI is InChI=1S/C17H21F3N2O/c1-10-6-13(17(18,19)20)7-12-9-22(5-4-15(10)12)16(23)11-2-3-14(21)8-11/h6-7,11,14H,2-5,8-9,21H2,1H3/t11-,14?/m0/s1. The van der Waals surface area contributed by atoms with E-state index in [9.17, 15) is 18.0 Å². The van der Waals surface area contributed by atoms with Crippen LogP contribution < -0.4 is 5.73 Å². The molecule has 1 aromatic carbocycles. The lowest BCUT2D eigenvalue weighted by molar-refractivity contribution is -0.137. The molecule has 2 aliphatic rings. The number of aryl methyl sites for hydroxylation is 1. The summed E-state index contributed by atoms with van der Waals surface area (Å²) in [6.45, 7) is 2.55. The minimum absolute atomic E-state index is 0.0404. The van der Waals surface area contributed by atoms with E-state index in [0.29, 0.717) is 30.5 Å². The fourth-order valence-corrected chi connectivity index (χ4v) is 3.77. The van der Waals surface area contributed by atoms with E-state index in [1.807, 2.05) is 0 Å². The number of nitrogens with two attached hydrogens (primary N) is 1. The molecule has 1 aliphatic heterocycles. The highest BCUT2D eigenvalue weighted by molar-refractivity contribution is 5.79. The Balaban J connectivity index is 1.82. The van der Waals surface area contributed by atoms with Crippen LogP contribution in [-0.4, -0.2) is 23.4 Å². The van der Waals surface area contributed by atoms with Crippen molar-refractivity contribution >= 4 is 5.91 Å². The zero-order chi connectivity index (χ0) is 16.8. The molecule has 126 valence electrons. The summed E-state index contributed by atoms with van der Waals surface area (Å²) in [5.74, 6) is -0.0305. The molecule has 23 heavy (non-hydrogen) atoms. The maximum absolute atomic E-state index is 13.0. The summed E-state index contributed by atoms with van der Waals surface area (Å²) in [5.41, 5.74) is 7.46. The predicted octanol–water partition coefficient (Wildman–Crippen LogP) is 3.03. The molecule has 0 saturated heterocycles. The van der Waals surface area contributed by atoms with Crippen LogP contribution in [0.1, 0.15) is 41.5 Å². The predicted molar refractivity (Wildman–Crippen MR) is 80.6 cm³/mol. The largest absolute Gasteiger partial charge is 0.416 e. The van der Waals surface area contributed by atoms with Crippen molar-refractivity contribution in [1.82, 2.24) is 4.90 Å². The molecule has 0 aromatic heterocycles. The van der Waals surface area contributed by atoms with Crippen LogP contribution in [0.4, 0.5) is 13.2 Å². The van der Waals surface area contributed by atoms with Gasteiger partial charge in [0.2, 0.25) is 5.91 Å². The molecule has 0 bridgehead atoms. The van der Waals surface area contributed by atoms with Crippen molar-refractivity contribution in [2.45, 2.75) is 51.4 Å². The smallest absolute Gasteiger partial charge is 0.338 e. The molecule has 1 saturated carbocycles. The maximum Gasteiger partial charge on any atom is 0.416 e. The Bertz CT molecular complexity index is 627. The molecule has 1 fully saturated rings. The summed E-state index contributed by atoms with van der Waals surface area (Å²) in [6.07, 6.45) is -1.43. The van der Waals surface area contributed by atoms with Crippen LogP contribution in [0.2, 0.25) is 0 Å². The Kier molecular flexibility index (Phi) is 4.12. The average Bonchev–Trinajstić information content (AvgIpc) is 2.91. The van der Waals surface area contributed by atoms with Crippen LogP contribution in [0.25, 0.3) is 0 Å².